The van der Waals surface area contributed by atoms with Crippen LogP contribution in [0.15, 0.2) is 0 Å². The van der Waals surface area contributed by atoms with Gasteiger partial charge in [0.25, 0.3) is 0 Å². The van der Waals surface area contributed by atoms with Crippen LogP contribution in [0.25, 0.3) is 0 Å². The van der Waals surface area contributed by atoms with Crippen molar-refractivity contribution in [2.75, 3.05) is 12.5 Å². The van der Waals surface area contributed by atoms with Crippen LogP contribution >= 0.6 is 0 Å². The van der Waals surface area contributed by atoms with Crippen molar-refractivity contribution in [3.63, 3.8) is 0 Å². The summed E-state index contributed by atoms with van der Waals surface area (Å²) in [4.78, 5) is 0. The third-order valence-corrected chi connectivity index (χ3v) is 3.73. The van der Waals surface area contributed by atoms with Crippen LogP contribution in [0.1, 0.15) is 0 Å². The number of rotatable bonds is 2. The monoisotopic (exact) mass is 360 g/mol. The van der Waals surface area contributed by atoms with Crippen molar-refractivity contribution in [3.05, 3.63) is 0 Å². The molecular formula is C4H6F6O6S3. The smallest absolute Gasteiger partial charge is 0.527 e. The Labute approximate surface area is 107 Å². The molecule has 0 fully saturated rings. The standard InChI is InChI=1S/C3H6F3O3S2.CHF3O3S/c1-10(2)9-11(7,8)3(4,5)6;2-1(3,4)8(5,6)7/h1-2H3;(H,5,6,7)/q+1;/p-1. The molecule has 0 aliphatic carbocycles. The van der Waals surface area contributed by atoms with Gasteiger partial charge < -0.3 is 4.55 Å². The zero-order chi connectivity index (χ0) is 16.3. The molecule has 0 aliphatic rings. The van der Waals surface area contributed by atoms with Gasteiger partial charge in [-0.1, -0.05) is 0 Å². The number of halogens is 6. The second-order valence-electron chi connectivity index (χ2n) is 2.61. The van der Waals surface area contributed by atoms with E-state index in [1.54, 1.807) is 0 Å². The van der Waals surface area contributed by atoms with Gasteiger partial charge in [0.2, 0.25) is 0 Å². The van der Waals surface area contributed by atoms with E-state index in [4.69, 9.17) is 13.0 Å². The highest BCUT2D eigenvalue weighted by molar-refractivity contribution is 8.02. The van der Waals surface area contributed by atoms with Gasteiger partial charge in [-0.3, -0.25) is 0 Å². The summed E-state index contributed by atoms with van der Waals surface area (Å²) in [5.74, 6) is 0. The molecule has 0 rings (SSSR count). The molecular weight excluding hydrogens is 354 g/mol. The Balaban J connectivity index is 0. The van der Waals surface area contributed by atoms with Gasteiger partial charge in [0.15, 0.2) is 21.3 Å². The van der Waals surface area contributed by atoms with Crippen LogP contribution < -0.4 is 0 Å². The third-order valence-electron chi connectivity index (χ3n) is 0.793. The second kappa shape index (κ2) is 6.47. The fourth-order valence-electron chi connectivity index (χ4n) is 0.218. The molecule has 0 spiro atoms. The normalized spacial score (nSPS) is 14.0. The van der Waals surface area contributed by atoms with E-state index in [0.717, 1.165) is 0 Å². The van der Waals surface area contributed by atoms with Crippen LogP contribution in [0, 0.1) is 0 Å². The van der Waals surface area contributed by atoms with E-state index in [2.05, 4.69) is 3.63 Å². The predicted molar refractivity (Wildman–Crippen MR) is 51.0 cm³/mol. The van der Waals surface area contributed by atoms with E-state index < -0.39 is 42.4 Å². The first-order valence-electron chi connectivity index (χ1n) is 3.53. The Morgan fingerprint density at radius 2 is 1.16 bits per heavy atom. The van der Waals surface area contributed by atoms with E-state index in [9.17, 15) is 34.8 Å². The molecule has 0 saturated carbocycles. The molecule has 0 amide bonds. The maximum atomic E-state index is 11.5. The molecule has 0 heterocycles. The molecule has 0 radical (unpaired) electrons. The molecule has 15 heteroatoms. The van der Waals surface area contributed by atoms with Gasteiger partial charge in [-0.2, -0.15) is 34.8 Å². The van der Waals surface area contributed by atoms with Crippen molar-refractivity contribution in [2.45, 2.75) is 11.0 Å². The van der Waals surface area contributed by atoms with Crippen LogP contribution in [-0.2, 0) is 35.0 Å². The third kappa shape index (κ3) is 8.51. The van der Waals surface area contributed by atoms with Crippen molar-refractivity contribution in [1.29, 1.82) is 0 Å². The van der Waals surface area contributed by atoms with Crippen LogP contribution in [0.4, 0.5) is 26.3 Å². The van der Waals surface area contributed by atoms with E-state index in [1.165, 1.54) is 12.5 Å². The highest BCUT2D eigenvalue weighted by Crippen LogP contribution is 2.25. The lowest BCUT2D eigenvalue weighted by molar-refractivity contribution is -0.0518. The van der Waals surface area contributed by atoms with Crippen molar-refractivity contribution < 1.29 is 51.4 Å². The first-order valence-corrected chi connectivity index (χ1v) is 8.31. The Morgan fingerprint density at radius 3 is 1.21 bits per heavy atom. The minimum Gasteiger partial charge on any atom is -0.741 e. The second-order valence-corrected chi connectivity index (χ2v) is 7.38. The van der Waals surface area contributed by atoms with E-state index in [1.807, 2.05) is 0 Å². The Kier molecular flexibility index (Phi) is 7.17. The summed E-state index contributed by atoms with van der Waals surface area (Å²) >= 11 is -1.24. The van der Waals surface area contributed by atoms with Crippen molar-refractivity contribution in [1.82, 2.24) is 0 Å². The topological polar surface area (TPSA) is 101 Å². The van der Waals surface area contributed by atoms with Crippen LogP contribution in [0.5, 0.6) is 0 Å². The lowest BCUT2D eigenvalue weighted by atomic mass is 11.6. The number of hydrogen-bond donors (Lipinski definition) is 0. The molecule has 0 bridgehead atoms. The molecule has 19 heavy (non-hydrogen) atoms. The molecule has 0 unspecified atom stereocenters. The van der Waals surface area contributed by atoms with Gasteiger partial charge in [-0.25, -0.2) is 8.42 Å². The van der Waals surface area contributed by atoms with E-state index in [-0.39, 0.29) is 0 Å². The van der Waals surface area contributed by atoms with Crippen LogP contribution in [0.3, 0.4) is 0 Å². The summed E-state index contributed by atoms with van der Waals surface area (Å²) in [5.41, 5.74) is -11.0. The van der Waals surface area contributed by atoms with E-state index in [0.29, 0.717) is 0 Å². The minimum absolute atomic E-state index is 1.23. The highest BCUT2D eigenvalue weighted by atomic mass is 32.3. The Bertz CT molecular complexity index is 472. The van der Waals surface area contributed by atoms with Gasteiger partial charge >= 0.3 is 21.1 Å². The van der Waals surface area contributed by atoms with Gasteiger partial charge in [-0.05, 0) is 3.63 Å². The van der Waals surface area contributed by atoms with Gasteiger partial charge in [0, 0.05) is 0 Å². The van der Waals surface area contributed by atoms with Crippen LogP contribution in [0.2, 0.25) is 0 Å². The summed E-state index contributed by atoms with van der Waals surface area (Å²) in [5, 5.41) is 0. The molecule has 0 aliphatic heterocycles. The molecule has 0 aromatic carbocycles. The summed E-state index contributed by atoms with van der Waals surface area (Å²) in [7, 11) is -11.5. The molecule has 6 nitrogen and oxygen atoms in total. The predicted octanol–water partition coefficient (Wildman–Crippen LogP) is 0.697. The zero-order valence-electron chi connectivity index (χ0n) is 8.94. The van der Waals surface area contributed by atoms with Crippen molar-refractivity contribution in [3.8, 4) is 0 Å². The first-order chi connectivity index (χ1) is 7.92. The first kappa shape index (κ1) is 21.1. The largest absolute Gasteiger partial charge is 0.741 e. The molecule has 0 atom stereocenters. The SMILES string of the molecule is C[S+](C)OS(=O)(=O)C(F)(F)F.O=S(=O)([O-])C(F)(F)F. The van der Waals surface area contributed by atoms with Crippen molar-refractivity contribution >= 4 is 31.4 Å². The van der Waals surface area contributed by atoms with E-state index >= 15 is 0 Å². The average Bonchev–Trinajstić information content (AvgIpc) is 1.94. The Hall–Kier alpha value is -0.250. The molecule has 0 saturated heterocycles. The molecule has 0 aromatic rings. The summed E-state index contributed by atoms with van der Waals surface area (Å²) in [6.07, 6.45) is 2.45. The highest BCUT2D eigenvalue weighted by Gasteiger charge is 2.51. The molecule has 118 valence electrons. The summed E-state index contributed by atoms with van der Waals surface area (Å²) in [6.45, 7) is 0. The van der Waals surface area contributed by atoms with Gasteiger partial charge in [0.05, 0.1) is 0 Å². The number of hydrogen-bond acceptors (Lipinski definition) is 6. The van der Waals surface area contributed by atoms with Crippen molar-refractivity contribution in [2.24, 2.45) is 0 Å². The quantitative estimate of drug-likeness (QED) is 0.311. The maximum absolute atomic E-state index is 11.5. The molecule has 0 N–H and O–H groups in total. The maximum Gasteiger partial charge on any atom is 0.527 e. The lowest BCUT2D eigenvalue weighted by Crippen LogP contribution is -2.27. The fraction of sp³-hybridized carbons (Fsp3) is 1.00. The number of alkyl halides is 6. The Morgan fingerprint density at radius 1 is 0.895 bits per heavy atom. The fourth-order valence-corrected chi connectivity index (χ4v) is 1.96. The summed E-state index contributed by atoms with van der Waals surface area (Å²) in [6, 6.07) is 0. The summed E-state index contributed by atoms with van der Waals surface area (Å²) < 4.78 is 117. The van der Waals surface area contributed by atoms with Gasteiger partial charge in [0.1, 0.15) is 12.5 Å². The zero-order valence-corrected chi connectivity index (χ0v) is 11.4. The van der Waals surface area contributed by atoms with Gasteiger partial charge in [-0.15, -0.1) is 0 Å². The average molecular weight is 360 g/mol. The minimum atomic E-state index is -6.09. The van der Waals surface area contributed by atoms with Crippen LogP contribution in [-0.4, -0.2) is 44.9 Å². The lowest BCUT2D eigenvalue weighted by Gasteiger charge is -2.08. The molecule has 0 aromatic heterocycles.